The lowest BCUT2D eigenvalue weighted by Gasteiger charge is -2.19. The van der Waals surface area contributed by atoms with Crippen molar-refractivity contribution in [1.82, 2.24) is 4.90 Å². The molecule has 5 heteroatoms. The van der Waals surface area contributed by atoms with Crippen LogP contribution >= 0.6 is 0 Å². The van der Waals surface area contributed by atoms with E-state index in [0.717, 1.165) is 38.8 Å². The third-order valence-electron chi connectivity index (χ3n) is 3.87. The number of aromatic hydroxyl groups is 1. The number of aliphatic imine (C=N–C) groups is 1. The third kappa shape index (κ3) is 4.48. The Balaban J connectivity index is 1.79. The molecule has 1 saturated heterocycles. The minimum atomic E-state index is 0.108. The van der Waals surface area contributed by atoms with Crippen LogP contribution in [0.15, 0.2) is 23.2 Å². The number of nitrogens with zero attached hydrogens (tertiary/aromatic N) is 2. The van der Waals surface area contributed by atoms with Gasteiger partial charge in [0, 0.05) is 37.8 Å². The number of ether oxygens (including phenoxy) is 1. The van der Waals surface area contributed by atoms with Gasteiger partial charge in [-0.3, -0.25) is 9.79 Å². The van der Waals surface area contributed by atoms with Gasteiger partial charge in [-0.05, 0) is 31.4 Å². The molecule has 120 valence electrons. The van der Waals surface area contributed by atoms with E-state index >= 15 is 0 Å². The molecule has 22 heavy (non-hydrogen) atoms. The monoisotopic (exact) mass is 304 g/mol. The average Bonchev–Trinajstić information content (AvgIpc) is 2.73. The fourth-order valence-corrected chi connectivity index (χ4v) is 2.60. The topological polar surface area (TPSA) is 62.1 Å². The highest BCUT2D eigenvalue weighted by Gasteiger charge is 2.15. The molecule has 5 nitrogen and oxygen atoms in total. The summed E-state index contributed by atoms with van der Waals surface area (Å²) in [7, 11) is 1.52. The number of amides is 1. The predicted octanol–water partition coefficient (Wildman–Crippen LogP) is 2.61. The Hall–Kier alpha value is -2.04. The molecule has 0 radical (unpaired) electrons. The summed E-state index contributed by atoms with van der Waals surface area (Å²) < 4.78 is 5.06. The lowest BCUT2D eigenvalue weighted by Crippen LogP contribution is -2.31. The Morgan fingerprint density at radius 1 is 1.36 bits per heavy atom. The number of likely N-dealkylation sites (tertiary alicyclic amines) is 1. The Kier molecular flexibility index (Phi) is 6.25. The van der Waals surface area contributed by atoms with Crippen molar-refractivity contribution in [2.75, 3.05) is 26.7 Å². The number of benzene rings is 1. The first kappa shape index (κ1) is 16.3. The first-order valence-electron chi connectivity index (χ1n) is 7.86. The van der Waals surface area contributed by atoms with Crippen LogP contribution in [0.2, 0.25) is 0 Å². The van der Waals surface area contributed by atoms with Crippen LogP contribution in [-0.4, -0.2) is 48.9 Å². The van der Waals surface area contributed by atoms with E-state index in [1.807, 2.05) is 11.0 Å². The van der Waals surface area contributed by atoms with E-state index < -0.39 is 0 Å². The number of carbonyl (C=O) groups excluding carboxylic acids is 1. The Bertz CT molecular complexity index is 529. The first-order chi connectivity index (χ1) is 10.7. The van der Waals surface area contributed by atoms with Gasteiger partial charge in [0.15, 0.2) is 11.5 Å². The van der Waals surface area contributed by atoms with Gasteiger partial charge in [0.05, 0.1) is 7.11 Å². The quantitative estimate of drug-likeness (QED) is 0.649. The molecule has 0 unspecified atom stereocenters. The number of hydrogen-bond acceptors (Lipinski definition) is 4. The fourth-order valence-electron chi connectivity index (χ4n) is 2.60. The van der Waals surface area contributed by atoms with Crippen LogP contribution in [0.3, 0.4) is 0 Å². The zero-order valence-electron chi connectivity index (χ0n) is 13.1. The second-order valence-electron chi connectivity index (χ2n) is 5.48. The van der Waals surface area contributed by atoms with Crippen LogP contribution in [-0.2, 0) is 4.79 Å². The minimum Gasteiger partial charge on any atom is -0.504 e. The molecule has 1 aromatic carbocycles. The maximum Gasteiger partial charge on any atom is 0.222 e. The zero-order valence-corrected chi connectivity index (χ0v) is 13.1. The van der Waals surface area contributed by atoms with E-state index in [0.29, 0.717) is 24.3 Å². The number of phenols is 1. The summed E-state index contributed by atoms with van der Waals surface area (Å²) in [6, 6.07) is 5.31. The molecule has 1 heterocycles. The second kappa shape index (κ2) is 8.41. The summed E-state index contributed by atoms with van der Waals surface area (Å²) >= 11 is 0. The number of carbonyl (C=O) groups is 1. The SMILES string of the molecule is COc1cccc(C=NCCCN2CCCCCC2=O)c1O. The molecule has 0 aliphatic carbocycles. The van der Waals surface area contributed by atoms with Crippen LogP contribution < -0.4 is 4.74 Å². The molecular weight excluding hydrogens is 280 g/mol. The van der Waals surface area contributed by atoms with Crippen molar-refractivity contribution in [3.05, 3.63) is 23.8 Å². The van der Waals surface area contributed by atoms with Crippen LogP contribution in [0.25, 0.3) is 0 Å². The predicted molar refractivity (Wildman–Crippen MR) is 86.8 cm³/mol. The van der Waals surface area contributed by atoms with Gasteiger partial charge in [0.1, 0.15) is 0 Å². The van der Waals surface area contributed by atoms with Crippen molar-refractivity contribution >= 4 is 12.1 Å². The van der Waals surface area contributed by atoms with Crippen molar-refractivity contribution in [3.8, 4) is 11.5 Å². The summed E-state index contributed by atoms with van der Waals surface area (Å²) in [5.74, 6) is 0.822. The number of para-hydroxylation sites is 1. The van der Waals surface area contributed by atoms with Gasteiger partial charge in [0.25, 0.3) is 0 Å². The molecule has 0 bridgehead atoms. The highest BCUT2D eigenvalue weighted by Crippen LogP contribution is 2.27. The average molecular weight is 304 g/mol. The van der Waals surface area contributed by atoms with E-state index in [4.69, 9.17) is 4.74 Å². The normalized spacial score (nSPS) is 16.0. The Morgan fingerprint density at radius 2 is 2.23 bits per heavy atom. The van der Waals surface area contributed by atoms with Gasteiger partial charge in [-0.2, -0.15) is 0 Å². The summed E-state index contributed by atoms with van der Waals surface area (Å²) in [6.45, 7) is 2.28. The number of methoxy groups -OCH3 is 1. The van der Waals surface area contributed by atoms with Gasteiger partial charge in [-0.25, -0.2) is 0 Å². The number of phenolic OH excluding ortho intramolecular Hbond substituents is 1. The van der Waals surface area contributed by atoms with E-state index in [9.17, 15) is 9.90 Å². The van der Waals surface area contributed by atoms with Crippen molar-refractivity contribution in [2.24, 2.45) is 4.99 Å². The Morgan fingerprint density at radius 3 is 3.05 bits per heavy atom. The molecule has 1 N–H and O–H groups in total. The van der Waals surface area contributed by atoms with Crippen molar-refractivity contribution in [3.63, 3.8) is 0 Å². The maximum absolute atomic E-state index is 11.9. The van der Waals surface area contributed by atoms with Gasteiger partial charge in [-0.1, -0.05) is 12.5 Å². The third-order valence-corrected chi connectivity index (χ3v) is 3.87. The minimum absolute atomic E-state index is 0.108. The van der Waals surface area contributed by atoms with E-state index in [1.54, 1.807) is 18.3 Å². The number of rotatable bonds is 6. The summed E-state index contributed by atoms with van der Waals surface area (Å²) in [5, 5.41) is 9.95. The molecule has 1 aromatic rings. The molecule has 1 amide bonds. The van der Waals surface area contributed by atoms with Crippen molar-refractivity contribution < 1.29 is 14.6 Å². The van der Waals surface area contributed by atoms with Crippen LogP contribution in [0.1, 0.15) is 37.7 Å². The molecule has 1 aliphatic rings. The summed E-state index contributed by atoms with van der Waals surface area (Å²) in [4.78, 5) is 18.1. The van der Waals surface area contributed by atoms with Crippen LogP contribution in [0.4, 0.5) is 0 Å². The smallest absolute Gasteiger partial charge is 0.222 e. The van der Waals surface area contributed by atoms with Crippen molar-refractivity contribution in [1.29, 1.82) is 0 Å². The lowest BCUT2D eigenvalue weighted by atomic mass is 10.2. The van der Waals surface area contributed by atoms with E-state index in [1.165, 1.54) is 7.11 Å². The van der Waals surface area contributed by atoms with Crippen molar-refractivity contribution in [2.45, 2.75) is 32.1 Å². The van der Waals surface area contributed by atoms with Crippen LogP contribution in [0.5, 0.6) is 11.5 Å². The molecular formula is C17H24N2O3. The second-order valence-corrected chi connectivity index (χ2v) is 5.48. The summed E-state index contributed by atoms with van der Waals surface area (Å²) in [6.07, 6.45) is 6.45. The lowest BCUT2D eigenvalue weighted by molar-refractivity contribution is -0.130. The standard InChI is InChI=1S/C17H24N2O3/c1-22-15-8-5-7-14(17(15)21)13-18-10-6-12-19-11-4-2-3-9-16(19)20/h5,7-8,13,21H,2-4,6,9-12H2,1H3. The number of hydrogen-bond donors (Lipinski definition) is 1. The highest BCUT2D eigenvalue weighted by molar-refractivity contribution is 5.84. The summed E-state index contributed by atoms with van der Waals surface area (Å²) in [5.41, 5.74) is 0.644. The fraction of sp³-hybridized carbons (Fsp3) is 0.529. The Labute approximate surface area is 131 Å². The molecule has 0 saturated carbocycles. The van der Waals surface area contributed by atoms with Crippen LogP contribution in [0, 0.1) is 0 Å². The molecule has 1 aliphatic heterocycles. The molecule has 0 atom stereocenters. The maximum atomic E-state index is 11.9. The molecule has 0 spiro atoms. The highest BCUT2D eigenvalue weighted by atomic mass is 16.5. The molecule has 2 rings (SSSR count). The first-order valence-corrected chi connectivity index (χ1v) is 7.86. The van der Waals surface area contributed by atoms with Gasteiger partial charge < -0.3 is 14.7 Å². The largest absolute Gasteiger partial charge is 0.504 e. The van der Waals surface area contributed by atoms with Gasteiger partial charge in [-0.15, -0.1) is 0 Å². The van der Waals surface area contributed by atoms with E-state index in [-0.39, 0.29) is 11.7 Å². The molecule has 0 aromatic heterocycles. The van der Waals surface area contributed by atoms with E-state index in [2.05, 4.69) is 4.99 Å². The van der Waals surface area contributed by atoms with Gasteiger partial charge in [0.2, 0.25) is 5.91 Å². The van der Waals surface area contributed by atoms with Gasteiger partial charge >= 0.3 is 0 Å². The molecule has 1 fully saturated rings. The zero-order chi connectivity index (χ0) is 15.8.